The van der Waals surface area contributed by atoms with Gasteiger partial charge in [0.2, 0.25) is 5.91 Å². The number of nitrogens with two attached hydrogens (primary N) is 1. The number of methoxy groups -OCH3 is 1. The molecule has 0 aromatic rings. The average Bonchev–Trinajstić information content (AvgIpc) is 2.92. The second kappa shape index (κ2) is 14.2. The minimum atomic E-state index is -1.42. The Morgan fingerprint density at radius 3 is 1.79 bits per heavy atom. The van der Waals surface area contributed by atoms with E-state index >= 15 is 0 Å². The Morgan fingerprint density at radius 2 is 1.31 bits per heavy atom. The molecule has 3 saturated heterocycles. The molecule has 15 atom stereocenters. The van der Waals surface area contributed by atoms with Crippen LogP contribution in [0.15, 0.2) is 0 Å². The van der Waals surface area contributed by atoms with Crippen molar-refractivity contribution in [1.29, 1.82) is 0 Å². The van der Waals surface area contributed by atoms with Gasteiger partial charge in [-0.3, -0.25) is 4.79 Å². The van der Waals surface area contributed by atoms with E-state index in [0.717, 1.165) is 0 Å². The first-order chi connectivity index (χ1) is 18.5. The van der Waals surface area contributed by atoms with Gasteiger partial charge in [-0.05, 0) is 7.05 Å². The molecule has 0 saturated carbocycles. The number of carbonyl (C=O) groups excluding carboxylic acids is 1. The summed E-state index contributed by atoms with van der Waals surface area (Å²) < 4.78 is 34.4. The predicted octanol–water partition coefficient (Wildman–Crippen LogP) is -5.31. The number of nitrogens with one attached hydrogen (secondary N) is 2. The van der Waals surface area contributed by atoms with Crippen LogP contribution in [0, 0.1) is 5.92 Å². The second-order valence-corrected chi connectivity index (χ2v) is 10.1. The number of carbonyl (C=O) groups is 1. The van der Waals surface area contributed by atoms with Crippen molar-refractivity contribution in [3.8, 4) is 0 Å². The van der Waals surface area contributed by atoms with Crippen LogP contribution < -0.4 is 16.4 Å². The molecule has 16 heteroatoms. The minimum absolute atomic E-state index is 0.395. The van der Waals surface area contributed by atoms with Crippen molar-refractivity contribution >= 4 is 5.91 Å². The number of aliphatic hydroxyl groups excluding tert-OH is 6. The molecule has 3 aliphatic rings. The number of hydrogen-bond acceptors (Lipinski definition) is 15. The van der Waals surface area contributed by atoms with Gasteiger partial charge in [0.15, 0.2) is 18.9 Å². The number of likely N-dealkylation sites (N-methyl/N-ethyl adjacent to an activating group) is 1. The van der Waals surface area contributed by atoms with Crippen molar-refractivity contribution in [3.05, 3.63) is 0 Å². The fourth-order valence-corrected chi connectivity index (χ4v) is 5.24. The van der Waals surface area contributed by atoms with Crippen molar-refractivity contribution in [3.63, 3.8) is 0 Å². The van der Waals surface area contributed by atoms with Crippen molar-refractivity contribution in [1.82, 2.24) is 10.6 Å². The fourth-order valence-electron chi connectivity index (χ4n) is 5.24. The molecule has 10 N–H and O–H groups in total. The third-order valence-electron chi connectivity index (χ3n) is 7.55. The normalized spacial score (nSPS) is 47.1. The zero-order chi connectivity index (χ0) is 29.0. The maximum Gasteiger partial charge on any atom is 0.217 e. The average molecular weight is 570 g/mol. The van der Waals surface area contributed by atoms with E-state index < -0.39 is 117 Å². The molecule has 0 aromatic heterocycles. The first-order valence-electron chi connectivity index (χ1n) is 12.9. The van der Waals surface area contributed by atoms with E-state index in [1.807, 2.05) is 0 Å². The quantitative estimate of drug-likeness (QED) is 0.119. The molecule has 15 unspecified atom stereocenters. The summed E-state index contributed by atoms with van der Waals surface area (Å²) in [6.07, 6.45) is -13.0. The summed E-state index contributed by atoms with van der Waals surface area (Å²) in [5.74, 6) is -0.939. The Kier molecular flexibility index (Phi) is 11.8. The highest BCUT2D eigenvalue weighted by atomic mass is 16.7. The van der Waals surface area contributed by atoms with Crippen molar-refractivity contribution < 1.29 is 63.9 Å². The molecule has 3 rings (SSSR count). The lowest BCUT2D eigenvalue weighted by Crippen LogP contribution is -2.69. The highest BCUT2D eigenvalue weighted by Gasteiger charge is 2.53. The van der Waals surface area contributed by atoms with Crippen LogP contribution >= 0.6 is 0 Å². The topological polar surface area (TPSA) is 244 Å². The van der Waals surface area contributed by atoms with Gasteiger partial charge in [-0.15, -0.1) is 0 Å². The van der Waals surface area contributed by atoms with Gasteiger partial charge in [0.05, 0.1) is 44.1 Å². The molecular formula is C23H43N3O13. The van der Waals surface area contributed by atoms with Crippen LogP contribution in [0.4, 0.5) is 0 Å². The zero-order valence-corrected chi connectivity index (χ0v) is 22.4. The SMILES string of the molecule is CNC1C(OC2C(CO)OC(OC)C(NC(C)=O)C2O)OC(CO)C(OC2OC(CO)C(C)C(O)C2N)C1O. The summed E-state index contributed by atoms with van der Waals surface area (Å²) >= 11 is 0. The summed E-state index contributed by atoms with van der Waals surface area (Å²) in [5, 5.41) is 67.8. The zero-order valence-electron chi connectivity index (χ0n) is 22.4. The molecule has 0 spiro atoms. The molecular weight excluding hydrogens is 526 g/mol. The molecule has 3 heterocycles. The first-order valence-corrected chi connectivity index (χ1v) is 12.9. The van der Waals surface area contributed by atoms with E-state index in [1.165, 1.54) is 21.1 Å². The van der Waals surface area contributed by atoms with E-state index in [0.29, 0.717) is 0 Å². The number of ether oxygens (including phenoxy) is 6. The fraction of sp³-hybridized carbons (Fsp3) is 0.957. The molecule has 0 aliphatic carbocycles. The van der Waals surface area contributed by atoms with Gasteiger partial charge in [0.25, 0.3) is 0 Å². The van der Waals surface area contributed by atoms with Gasteiger partial charge in [0.1, 0.15) is 42.7 Å². The molecule has 3 aliphatic heterocycles. The molecule has 16 nitrogen and oxygen atoms in total. The minimum Gasteiger partial charge on any atom is -0.394 e. The van der Waals surface area contributed by atoms with Gasteiger partial charge in [-0.25, -0.2) is 0 Å². The summed E-state index contributed by atoms with van der Waals surface area (Å²) in [5.41, 5.74) is 6.10. The van der Waals surface area contributed by atoms with Crippen LogP contribution in [0.3, 0.4) is 0 Å². The van der Waals surface area contributed by atoms with Gasteiger partial charge >= 0.3 is 0 Å². The lowest BCUT2D eigenvalue weighted by atomic mass is 9.89. The lowest BCUT2D eigenvalue weighted by Gasteiger charge is -2.49. The Hall–Kier alpha value is -1.09. The van der Waals surface area contributed by atoms with Crippen LogP contribution in [-0.4, -0.2) is 156 Å². The highest BCUT2D eigenvalue weighted by molar-refractivity contribution is 5.73. The Balaban J connectivity index is 1.79. The van der Waals surface area contributed by atoms with Crippen LogP contribution in [-0.2, 0) is 33.2 Å². The van der Waals surface area contributed by atoms with E-state index in [9.17, 15) is 35.4 Å². The third-order valence-corrected chi connectivity index (χ3v) is 7.55. The summed E-state index contributed by atoms with van der Waals surface area (Å²) in [4.78, 5) is 11.7. The Labute approximate surface area is 226 Å². The van der Waals surface area contributed by atoms with Crippen LogP contribution in [0.25, 0.3) is 0 Å². The Bertz CT molecular complexity index is 782. The summed E-state index contributed by atoms with van der Waals surface area (Å²) in [7, 11) is 2.83. The molecule has 0 radical (unpaired) electrons. The molecule has 0 aromatic carbocycles. The Morgan fingerprint density at radius 1 is 0.821 bits per heavy atom. The highest BCUT2D eigenvalue weighted by Crippen LogP contribution is 2.33. The smallest absolute Gasteiger partial charge is 0.217 e. The van der Waals surface area contributed by atoms with E-state index in [1.54, 1.807) is 6.92 Å². The molecule has 3 fully saturated rings. The van der Waals surface area contributed by atoms with E-state index in [4.69, 9.17) is 34.2 Å². The molecule has 1 amide bonds. The van der Waals surface area contributed by atoms with Crippen LogP contribution in [0.5, 0.6) is 0 Å². The van der Waals surface area contributed by atoms with Crippen LogP contribution in [0.2, 0.25) is 0 Å². The molecule has 228 valence electrons. The largest absolute Gasteiger partial charge is 0.394 e. The summed E-state index contributed by atoms with van der Waals surface area (Å²) in [6, 6.07) is -3.07. The van der Waals surface area contributed by atoms with Gasteiger partial charge in [0, 0.05) is 20.0 Å². The van der Waals surface area contributed by atoms with Crippen LogP contribution in [0.1, 0.15) is 13.8 Å². The van der Waals surface area contributed by atoms with Gasteiger partial charge in [-0.2, -0.15) is 0 Å². The van der Waals surface area contributed by atoms with E-state index in [-0.39, 0.29) is 0 Å². The lowest BCUT2D eigenvalue weighted by molar-refractivity contribution is -0.350. The number of rotatable bonds is 10. The molecule has 39 heavy (non-hydrogen) atoms. The third kappa shape index (κ3) is 6.87. The van der Waals surface area contributed by atoms with Crippen molar-refractivity contribution in [2.75, 3.05) is 34.0 Å². The monoisotopic (exact) mass is 569 g/mol. The van der Waals surface area contributed by atoms with E-state index in [2.05, 4.69) is 10.6 Å². The van der Waals surface area contributed by atoms with Gasteiger partial charge < -0.3 is 75.4 Å². The summed E-state index contributed by atoms with van der Waals surface area (Å²) in [6.45, 7) is 1.32. The van der Waals surface area contributed by atoms with Crippen molar-refractivity contribution in [2.24, 2.45) is 11.7 Å². The van der Waals surface area contributed by atoms with Crippen molar-refractivity contribution in [2.45, 2.75) is 99.7 Å². The first kappa shape index (κ1) is 32.4. The predicted molar refractivity (Wildman–Crippen MR) is 130 cm³/mol. The number of amides is 1. The second-order valence-electron chi connectivity index (χ2n) is 10.1. The number of aliphatic hydroxyl groups is 6. The maximum atomic E-state index is 11.7. The standard InChI is InChI=1S/C23H43N3O13/c1-8-10(5-27)35-21(13(24)16(8)31)38-19-12(7-29)37-23(14(25-3)17(19)32)39-20-11(6-28)36-22(34-4)15(18(20)33)26-9(2)30/h8,10-23,25,27-29,31-33H,5-7,24H2,1-4H3,(H,26,30). The molecule has 0 bridgehead atoms. The van der Waals surface area contributed by atoms with Gasteiger partial charge in [-0.1, -0.05) is 6.92 Å². The number of hydrogen-bond donors (Lipinski definition) is 9. The maximum absolute atomic E-state index is 11.7.